The van der Waals surface area contributed by atoms with E-state index in [1.165, 1.54) is 66.1 Å². The standard InChI is InChI=1S/C46H32N2/c1-29-26-40(31-14-6-3-7-15-31)38-24-25-39-41(27-30(2)48-46(39)45(38)47-29)34-22-23-37-42(28-34)44(33-18-10-5-11-19-33)36-21-13-12-20-35(36)43(37)32-16-8-4-9-17-32/h3-28H,1-2H3. The molecule has 0 aliphatic rings. The van der Waals surface area contributed by atoms with Gasteiger partial charge in [0.25, 0.3) is 0 Å². The summed E-state index contributed by atoms with van der Waals surface area (Å²) in [6.45, 7) is 4.16. The molecule has 2 aromatic heterocycles. The Kier molecular flexibility index (Phi) is 6.62. The fourth-order valence-electron chi connectivity index (χ4n) is 7.50. The Labute approximate surface area is 280 Å². The smallest absolute Gasteiger partial charge is 0.0974 e. The molecule has 9 aromatic rings. The highest BCUT2D eigenvalue weighted by atomic mass is 14.8. The second kappa shape index (κ2) is 11.3. The first kappa shape index (κ1) is 28.1. The van der Waals surface area contributed by atoms with Crippen LogP contribution in [-0.2, 0) is 0 Å². The SMILES string of the molecule is Cc1cc(-c2ccccc2)c2ccc3c(-c4ccc5c(-c6ccccc6)c6ccccc6c(-c6ccccc6)c5c4)cc(C)nc3c2n1. The zero-order chi connectivity index (χ0) is 32.2. The lowest BCUT2D eigenvalue weighted by atomic mass is 9.84. The van der Waals surface area contributed by atoms with Crippen molar-refractivity contribution in [2.45, 2.75) is 13.8 Å². The molecular formula is C46H32N2. The molecule has 0 saturated heterocycles. The van der Waals surface area contributed by atoms with Gasteiger partial charge in [0.1, 0.15) is 0 Å². The highest BCUT2D eigenvalue weighted by Gasteiger charge is 2.19. The summed E-state index contributed by atoms with van der Waals surface area (Å²) in [5.41, 5.74) is 13.5. The van der Waals surface area contributed by atoms with Crippen LogP contribution >= 0.6 is 0 Å². The minimum Gasteiger partial charge on any atom is -0.251 e. The number of aryl methyl sites for hydroxylation is 2. The summed E-state index contributed by atoms with van der Waals surface area (Å²) in [4.78, 5) is 10.2. The van der Waals surface area contributed by atoms with E-state index >= 15 is 0 Å². The molecule has 0 unspecified atom stereocenters. The van der Waals surface area contributed by atoms with Gasteiger partial charge in [0.05, 0.1) is 11.0 Å². The topological polar surface area (TPSA) is 25.8 Å². The van der Waals surface area contributed by atoms with E-state index in [2.05, 4.69) is 172 Å². The maximum atomic E-state index is 5.13. The molecule has 0 N–H and O–H groups in total. The van der Waals surface area contributed by atoms with Crippen molar-refractivity contribution < 1.29 is 0 Å². The van der Waals surface area contributed by atoms with E-state index in [0.29, 0.717) is 0 Å². The lowest BCUT2D eigenvalue weighted by molar-refractivity contribution is 1.23. The number of nitrogens with zero attached hydrogens (tertiary/aromatic N) is 2. The lowest BCUT2D eigenvalue weighted by Gasteiger charge is -2.19. The molecule has 0 saturated carbocycles. The lowest BCUT2D eigenvalue weighted by Crippen LogP contribution is -1.95. The van der Waals surface area contributed by atoms with Gasteiger partial charge in [-0.25, -0.2) is 0 Å². The van der Waals surface area contributed by atoms with E-state index in [1.807, 2.05) is 0 Å². The maximum absolute atomic E-state index is 5.13. The van der Waals surface area contributed by atoms with Crippen molar-refractivity contribution in [1.29, 1.82) is 0 Å². The van der Waals surface area contributed by atoms with Crippen LogP contribution in [0.25, 0.3) is 87.9 Å². The Morgan fingerprint density at radius 2 is 0.708 bits per heavy atom. The third-order valence-corrected chi connectivity index (χ3v) is 9.56. The van der Waals surface area contributed by atoms with Crippen molar-refractivity contribution in [3.8, 4) is 44.5 Å². The van der Waals surface area contributed by atoms with Gasteiger partial charge in [-0.1, -0.05) is 140 Å². The molecule has 0 spiro atoms. The van der Waals surface area contributed by atoms with E-state index in [1.54, 1.807) is 0 Å². The van der Waals surface area contributed by atoms with Crippen LogP contribution in [0.3, 0.4) is 0 Å². The van der Waals surface area contributed by atoms with Gasteiger partial charge in [-0.15, -0.1) is 0 Å². The number of fused-ring (bicyclic) bond motifs is 5. The average molecular weight is 613 g/mol. The number of rotatable bonds is 4. The highest BCUT2D eigenvalue weighted by molar-refractivity contribution is 6.22. The number of hydrogen-bond donors (Lipinski definition) is 0. The van der Waals surface area contributed by atoms with Crippen molar-refractivity contribution in [3.63, 3.8) is 0 Å². The molecule has 0 amide bonds. The van der Waals surface area contributed by atoms with Gasteiger partial charge >= 0.3 is 0 Å². The molecule has 226 valence electrons. The first-order valence-corrected chi connectivity index (χ1v) is 16.5. The van der Waals surface area contributed by atoms with E-state index < -0.39 is 0 Å². The van der Waals surface area contributed by atoms with Crippen LogP contribution in [0.2, 0.25) is 0 Å². The minimum absolute atomic E-state index is 0.940. The predicted molar refractivity (Wildman–Crippen MR) is 203 cm³/mol. The Bertz CT molecular complexity index is 2660. The third kappa shape index (κ3) is 4.57. The van der Waals surface area contributed by atoms with E-state index in [0.717, 1.165) is 33.2 Å². The van der Waals surface area contributed by atoms with Crippen LogP contribution in [0, 0.1) is 13.8 Å². The van der Waals surface area contributed by atoms with Gasteiger partial charge in [0.15, 0.2) is 0 Å². The van der Waals surface area contributed by atoms with Crippen molar-refractivity contribution >= 4 is 43.4 Å². The largest absolute Gasteiger partial charge is 0.251 e. The van der Waals surface area contributed by atoms with E-state index in [4.69, 9.17) is 9.97 Å². The van der Waals surface area contributed by atoms with Crippen LogP contribution in [-0.4, -0.2) is 9.97 Å². The van der Waals surface area contributed by atoms with E-state index in [9.17, 15) is 0 Å². The molecule has 2 heteroatoms. The van der Waals surface area contributed by atoms with Gasteiger partial charge in [0.2, 0.25) is 0 Å². The number of pyridine rings is 2. The summed E-state index contributed by atoms with van der Waals surface area (Å²) in [6.07, 6.45) is 0. The summed E-state index contributed by atoms with van der Waals surface area (Å²) >= 11 is 0. The quantitative estimate of drug-likeness (QED) is 0.146. The first-order chi connectivity index (χ1) is 23.6. The predicted octanol–water partition coefficient (Wildman–Crippen LogP) is 12.4. The van der Waals surface area contributed by atoms with Gasteiger partial charge in [0, 0.05) is 22.2 Å². The molecule has 0 bridgehead atoms. The summed E-state index contributed by atoms with van der Waals surface area (Å²) < 4.78 is 0. The summed E-state index contributed by atoms with van der Waals surface area (Å²) in [5.74, 6) is 0. The summed E-state index contributed by atoms with van der Waals surface area (Å²) in [6, 6.07) is 56.9. The van der Waals surface area contributed by atoms with Crippen molar-refractivity contribution in [2.24, 2.45) is 0 Å². The van der Waals surface area contributed by atoms with Gasteiger partial charge in [-0.3, -0.25) is 9.97 Å². The van der Waals surface area contributed by atoms with Crippen LogP contribution in [0.4, 0.5) is 0 Å². The van der Waals surface area contributed by atoms with Crippen LogP contribution in [0.15, 0.2) is 158 Å². The average Bonchev–Trinajstić information content (AvgIpc) is 3.14. The minimum atomic E-state index is 0.940. The molecule has 0 aliphatic heterocycles. The van der Waals surface area contributed by atoms with E-state index in [-0.39, 0.29) is 0 Å². The first-order valence-electron chi connectivity index (χ1n) is 16.5. The second-order valence-electron chi connectivity index (χ2n) is 12.6. The molecule has 2 nitrogen and oxygen atoms in total. The van der Waals surface area contributed by atoms with Crippen LogP contribution in [0.1, 0.15) is 11.4 Å². The second-order valence-corrected chi connectivity index (χ2v) is 12.6. The highest BCUT2D eigenvalue weighted by Crippen LogP contribution is 2.45. The number of aromatic nitrogens is 2. The van der Waals surface area contributed by atoms with Crippen molar-refractivity contribution in [3.05, 3.63) is 169 Å². The zero-order valence-corrected chi connectivity index (χ0v) is 26.9. The molecular weight excluding hydrogens is 581 g/mol. The van der Waals surface area contributed by atoms with Gasteiger partial charge in [-0.2, -0.15) is 0 Å². The van der Waals surface area contributed by atoms with Crippen LogP contribution in [0.5, 0.6) is 0 Å². The maximum Gasteiger partial charge on any atom is 0.0974 e. The molecule has 9 rings (SSSR count). The van der Waals surface area contributed by atoms with Gasteiger partial charge in [-0.05, 0) is 98.1 Å². The van der Waals surface area contributed by atoms with Gasteiger partial charge < -0.3 is 0 Å². The normalized spacial score (nSPS) is 11.5. The number of benzene rings is 7. The monoisotopic (exact) mass is 612 g/mol. The molecule has 0 atom stereocenters. The fraction of sp³-hybridized carbons (Fsp3) is 0.0435. The molecule has 0 aliphatic carbocycles. The van der Waals surface area contributed by atoms with Crippen LogP contribution < -0.4 is 0 Å². The fourth-order valence-corrected chi connectivity index (χ4v) is 7.50. The molecule has 2 heterocycles. The molecule has 7 aromatic carbocycles. The number of hydrogen-bond acceptors (Lipinski definition) is 2. The summed E-state index contributed by atoms with van der Waals surface area (Å²) in [7, 11) is 0. The summed E-state index contributed by atoms with van der Waals surface area (Å²) in [5, 5.41) is 7.21. The Balaban J connectivity index is 1.36. The Morgan fingerprint density at radius 1 is 0.312 bits per heavy atom. The van der Waals surface area contributed by atoms with Crippen molar-refractivity contribution in [1.82, 2.24) is 9.97 Å². The zero-order valence-electron chi connectivity index (χ0n) is 26.9. The molecule has 48 heavy (non-hydrogen) atoms. The Hall–Kier alpha value is -6.12. The Morgan fingerprint density at radius 3 is 1.23 bits per heavy atom. The van der Waals surface area contributed by atoms with Crippen molar-refractivity contribution in [2.75, 3.05) is 0 Å². The molecule has 0 radical (unpaired) electrons. The third-order valence-electron chi connectivity index (χ3n) is 9.56. The molecule has 0 fully saturated rings.